The fourth-order valence-electron chi connectivity index (χ4n) is 9.39. The van der Waals surface area contributed by atoms with Crippen molar-refractivity contribution < 1.29 is 43.0 Å². The van der Waals surface area contributed by atoms with Crippen molar-refractivity contribution in [1.29, 1.82) is 0 Å². The number of nitrogens with zero attached hydrogens (tertiary/aromatic N) is 5. The van der Waals surface area contributed by atoms with Gasteiger partial charge >= 0.3 is 0 Å². The first-order valence-corrected chi connectivity index (χ1v) is 24.0. The maximum atomic E-state index is 14.5. The second-order valence-electron chi connectivity index (χ2n) is 19.6. The van der Waals surface area contributed by atoms with Crippen molar-refractivity contribution in [3.63, 3.8) is 0 Å². The highest BCUT2D eigenvalue weighted by molar-refractivity contribution is 7.13. The number of phenols is 1. The fourth-order valence-corrected chi connectivity index (χ4v) is 9.92. The summed E-state index contributed by atoms with van der Waals surface area (Å²) in [4.78, 5) is 89.8. The molecule has 2 atom stereocenters. The average molecular weight is 973 g/mol. The molecule has 4 aromatic rings. The molecule has 0 spiro atoms. The van der Waals surface area contributed by atoms with Crippen molar-refractivity contribution >= 4 is 57.6 Å². The summed E-state index contributed by atoms with van der Waals surface area (Å²) in [5.74, 6) is -4.41. The summed E-state index contributed by atoms with van der Waals surface area (Å²) in [6.07, 6.45) is 2.90. The number of halogens is 1. The van der Waals surface area contributed by atoms with Gasteiger partial charge in [-0.1, -0.05) is 71.2 Å². The molecule has 1 aromatic heterocycles. The Morgan fingerprint density at radius 3 is 2.36 bits per heavy atom. The van der Waals surface area contributed by atoms with E-state index in [2.05, 4.69) is 69.9 Å². The van der Waals surface area contributed by atoms with E-state index < -0.39 is 53.3 Å². The van der Waals surface area contributed by atoms with Gasteiger partial charge in [0.15, 0.2) is 5.13 Å². The van der Waals surface area contributed by atoms with Crippen LogP contribution in [-0.4, -0.2) is 119 Å². The van der Waals surface area contributed by atoms with Crippen LogP contribution in [0.2, 0.25) is 0 Å². The zero-order chi connectivity index (χ0) is 50.1. The van der Waals surface area contributed by atoms with Gasteiger partial charge in [0.2, 0.25) is 11.8 Å². The lowest BCUT2D eigenvalue weighted by Gasteiger charge is -2.40. The van der Waals surface area contributed by atoms with Crippen molar-refractivity contribution in [2.75, 3.05) is 62.7 Å². The predicted molar refractivity (Wildman–Crippen MR) is 263 cm³/mol. The molecule has 0 radical (unpaired) electrons. The molecule has 2 fully saturated rings. The lowest BCUT2D eigenvalue weighted by atomic mass is 9.92. The van der Waals surface area contributed by atoms with Crippen molar-refractivity contribution in [3.05, 3.63) is 131 Å². The Kier molecular flexibility index (Phi) is 14.2. The quantitative estimate of drug-likeness (QED) is 0.0860. The molecule has 18 heteroatoms. The van der Waals surface area contributed by atoms with Crippen molar-refractivity contribution in [3.8, 4) is 16.9 Å². The number of benzene rings is 3. The van der Waals surface area contributed by atoms with Crippen LogP contribution in [0.5, 0.6) is 5.75 Å². The molecule has 366 valence electrons. The summed E-state index contributed by atoms with van der Waals surface area (Å²) in [7, 11) is 0. The van der Waals surface area contributed by atoms with Gasteiger partial charge in [-0.3, -0.25) is 49.2 Å². The predicted octanol–water partition coefficient (Wildman–Crippen LogP) is 5.94. The fraction of sp³-hybridized carbons (Fsp3) is 0.365. The number of thiazole rings is 1. The minimum absolute atomic E-state index is 0.0247. The third-order valence-electron chi connectivity index (χ3n) is 13.0. The Morgan fingerprint density at radius 1 is 0.957 bits per heavy atom. The van der Waals surface area contributed by atoms with E-state index in [1.54, 1.807) is 5.38 Å². The number of fused-ring (bicyclic) bond motifs is 1. The van der Waals surface area contributed by atoms with Crippen molar-refractivity contribution in [2.24, 2.45) is 10.8 Å². The minimum atomic E-state index is -1.32. The molecule has 4 aliphatic heterocycles. The maximum absolute atomic E-state index is 14.5. The number of piperidine rings is 1. The first-order valence-electron chi connectivity index (χ1n) is 23.1. The molecule has 0 aliphatic carbocycles. The number of piperazine rings is 1. The number of hydrogen-bond acceptors (Lipinski definition) is 13. The van der Waals surface area contributed by atoms with Crippen LogP contribution in [0.25, 0.3) is 11.1 Å². The number of rotatable bonds is 18. The highest BCUT2D eigenvalue weighted by atomic mass is 32.1. The largest absolute Gasteiger partial charge is 0.508 e. The molecule has 70 heavy (non-hydrogen) atoms. The van der Waals surface area contributed by atoms with E-state index in [-0.39, 0.29) is 58.4 Å². The Bertz CT molecular complexity index is 2780. The second kappa shape index (κ2) is 20.1. The number of aromatic nitrogens is 1. The molecule has 8 rings (SSSR count). The number of hydrogen-bond donors (Lipinski definition) is 4. The lowest BCUT2D eigenvalue weighted by Crippen LogP contribution is -2.54. The Morgan fingerprint density at radius 2 is 1.67 bits per heavy atom. The van der Waals surface area contributed by atoms with Crippen LogP contribution in [0.3, 0.4) is 0 Å². The zero-order valence-corrected chi connectivity index (χ0v) is 40.5. The Balaban J connectivity index is 0.808. The number of carbonyl (C=O) groups excluding carboxylic acids is 6. The van der Waals surface area contributed by atoms with Gasteiger partial charge in [0.1, 0.15) is 23.7 Å². The number of anilines is 2. The van der Waals surface area contributed by atoms with E-state index in [0.717, 1.165) is 66.6 Å². The third kappa shape index (κ3) is 10.6. The van der Waals surface area contributed by atoms with E-state index in [1.165, 1.54) is 34.6 Å². The van der Waals surface area contributed by atoms with Crippen LogP contribution in [-0.2, 0) is 35.3 Å². The summed E-state index contributed by atoms with van der Waals surface area (Å²) in [5.41, 5.74) is 3.76. The molecule has 5 heterocycles. The summed E-state index contributed by atoms with van der Waals surface area (Å²) in [5, 5.41) is 20.9. The van der Waals surface area contributed by atoms with Crippen LogP contribution in [0.1, 0.15) is 68.1 Å². The van der Waals surface area contributed by atoms with E-state index in [4.69, 9.17) is 4.74 Å². The summed E-state index contributed by atoms with van der Waals surface area (Å²) in [6.45, 7) is 21.8. The molecule has 16 nitrogen and oxygen atoms in total. The normalized spacial score (nSPS) is 18.3. The average Bonchev–Trinajstić information content (AvgIpc) is 4.02. The van der Waals surface area contributed by atoms with Crippen LogP contribution < -0.4 is 20.9 Å². The Hall–Kier alpha value is -7.02. The van der Waals surface area contributed by atoms with Gasteiger partial charge in [-0.15, -0.1) is 11.3 Å². The molecular formula is C52H57FN8O8S. The molecule has 0 saturated carbocycles. The highest BCUT2D eigenvalue weighted by Gasteiger charge is 2.46. The number of phenolic OH excluding ortho intramolecular Hbond substituents is 1. The molecular weight excluding hydrogens is 916 g/mol. The number of nitrogens with one attached hydrogen (secondary N) is 3. The SMILES string of the molecule is C=CC1=C(C(=C)NCC(C)(C)COCC(C)(C)CN2CCN(c3ccc(-c4ccc5c(c4)C(=O)N(C(C(=O)Nc4nccs4)c4cc(F)ccc4O)C5)cc3)CC2)C(=O)N(C2CCC(=O)NC2=O)C1=O. The van der Waals surface area contributed by atoms with Crippen LogP contribution >= 0.6 is 11.3 Å². The van der Waals surface area contributed by atoms with Gasteiger partial charge < -0.3 is 25.0 Å². The second-order valence-corrected chi connectivity index (χ2v) is 20.5. The van der Waals surface area contributed by atoms with Gasteiger partial charge in [0.25, 0.3) is 23.6 Å². The number of carbonyl (C=O) groups is 6. The summed E-state index contributed by atoms with van der Waals surface area (Å²) >= 11 is 1.20. The number of amides is 6. The summed E-state index contributed by atoms with van der Waals surface area (Å²) < 4.78 is 20.8. The van der Waals surface area contributed by atoms with Crippen LogP contribution in [0, 0.1) is 16.6 Å². The molecule has 2 saturated heterocycles. The van der Waals surface area contributed by atoms with E-state index in [9.17, 15) is 38.3 Å². The van der Waals surface area contributed by atoms with E-state index in [1.807, 2.05) is 44.2 Å². The topological polar surface area (TPSA) is 194 Å². The summed E-state index contributed by atoms with van der Waals surface area (Å²) in [6, 6.07) is 14.8. The zero-order valence-electron chi connectivity index (χ0n) is 39.7. The van der Waals surface area contributed by atoms with Gasteiger partial charge in [-0.25, -0.2) is 9.37 Å². The van der Waals surface area contributed by atoms with E-state index in [0.29, 0.717) is 36.0 Å². The number of ether oxygens (including phenoxy) is 1. The van der Waals surface area contributed by atoms with Crippen molar-refractivity contribution in [2.45, 2.75) is 59.2 Å². The monoisotopic (exact) mass is 972 g/mol. The number of aromatic hydroxyl groups is 1. The third-order valence-corrected chi connectivity index (χ3v) is 13.7. The maximum Gasteiger partial charge on any atom is 0.264 e. The smallest absolute Gasteiger partial charge is 0.264 e. The van der Waals surface area contributed by atoms with Crippen LogP contribution in [0.15, 0.2) is 108 Å². The molecule has 4 aliphatic rings. The first-order chi connectivity index (χ1) is 33.3. The van der Waals surface area contributed by atoms with Crippen molar-refractivity contribution in [1.82, 2.24) is 30.3 Å². The minimum Gasteiger partial charge on any atom is -0.508 e. The van der Waals surface area contributed by atoms with Crippen LogP contribution in [0.4, 0.5) is 15.2 Å². The highest BCUT2D eigenvalue weighted by Crippen LogP contribution is 2.38. The van der Waals surface area contributed by atoms with Gasteiger partial charge in [0.05, 0.1) is 24.4 Å². The van der Waals surface area contributed by atoms with Gasteiger partial charge in [-0.2, -0.15) is 0 Å². The lowest BCUT2D eigenvalue weighted by molar-refractivity contribution is -0.149. The molecule has 3 aromatic carbocycles. The molecule has 6 amide bonds. The standard InChI is InChI=1S/C52H57FN8O8S/c1-7-37-43(49(68)61(48(37)67)40-15-17-42(63)56-45(40)64)31(2)55-27-51(3,4)29-69-30-52(5,6)28-58-19-21-59(22-20-58)36-13-10-32(11-14-36)33-8-9-34-26-60(47(66)38(34)24-33)44(39-25-35(53)12-16-41(39)62)46(65)57-50-54-18-23-70-50/h7-14,16,18,23-25,40,44,55,62H,1-2,15,17,19-22,26-30H2,3-6H3,(H,54,57,65)(H,56,63,64). The molecule has 0 bridgehead atoms. The molecule has 2 unspecified atom stereocenters. The first kappa shape index (κ1) is 49.4. The van der Waals surface area contributed by atoms with E-state index >= 15 is 0 Å². The Labute approximate surface area is 409 Å². The van der Waals surface area contributed by atoms with Gasteiger partial charge in [0, 0.05) is 97.2 Å². The number of imide groups is 2. The molecule has 4 N–H and O–H groups in total. The van der Waals surface area contributed by atoms with Gasteiger partial charge in [-0.05, 0) is 59.5 Å².